The molecule has 1 fully saturated rings. The van der Waals surface area contributed by atoms with Crippen molar-refractivity contribution in [3.63, 3.8) is 0 Å². The van der Waals surface area contributed by atoms with E-state index in [1.54, 1.807) is 20.0 Å². The van der Waals surface area contributed by atoms with Gasteiger partial charge in [0.1, 0.15) is 5.82 Å². The Morgan fingerprint density at radius 1 is 1.29 bits per heavy atom. The summed E-state index contributed by atoms with van der Waals surface area (Å²) in [6, 6.07) is 5.37. The maximum atomic E-state index is 13.7. The van der Waals surface area contributed by atoms with E-state index in [1.165, 1.54) is 25.9 Å². The number of halogens is 1. The van der Waals surface area contributed by atoms with E-state index in [0.717, 1.165) is 24.6 Å². The number of likely N-dealkylation sites (tertiary alicyclic amines) is 1. The van der Waals surface area contributed by atoms with Gasteiger partial charge in [-0.3, -0.25) is 4.99 Å². The summed E-state index contributed by atoms with van der Waals surface area (Å²) in [5.41, 5.74) is 1.59. The zero-order chi connectivity index (χ0) is 17.5. The number of nitrogens with zero attached hydrogens (tertiary/aromatic N) is 2. The molecule has 0 saturated carbocycles. The Bertz CT molecular complexity index is 552. The van der Waals surface area contributed by atoms with Crippen LogP contribution < -0.4 is 10.6 Å². The Hall–Kier alpha value is -1.62. The molecule has 1 aliphatic heterocycles. The van der Waals surface area contributed by atoms with Crippen molar-refractivity contribution in [2.75, 3.05) is 33.2 Å². The first kappa shape index (κ1) is 18.7. The Morgan fingerprint density at radius 3 is 2.62 bits per heavy atom. The first-order chi connectivity index (χ1) is 11.5. The van der Waals surface area contributed by atoms with Gasteiger partial charge >= 0.3 is 0 Å². The molecule has 0 aliphatic carbocycles. The van der Waals surface area contributed by atoms with Crippen LogP contribution >= 0.6 is 0 Å². The molecule has 4 nitrogen and oxygen atoms in total. The van der Waals surface area contributed by atoms with Gasteiger partial charge in [-0.05, 0) is 62.9 Å². The van der Waals surface area contributed by atoms with E-state index >= 15 is 0 Å². The third-order valence-electron chi connectivity index (χ3n) is 4.66. The van der Waals surface area contributed by atoms with Crippen molar-refractivity contribution in [1.29, 1.82) is 0 Å². The zero-order valence-electron chi connectivity index (χ0n) is 15.4. The molecule has 2 unspecified atom stereocenters. The molecule has 2 N–H and O–H groups in total. The largest absolute Gasteiger partial charge is 0.356 e. The quantitative estimate of drug-likeness (QED) is 0.620. The standard InChI is InChI=1S/C19H31FN4/c1-14(13-24-9-5-6-10-24)12-22-19(21-4)23-16(3)17-8-7-15(2)18(20)11-17/h7-8,11,14,16H,5-6,9-10,12-13H2,1-4H3,(H2,21,22,23). The van der Waals surface area contributed by atoms with E-state index in [4.69, 9.17) is 0 Å². The summed E-state index contributed by atoms with van der Waals surface area (Å²) in [5.74, 6) is 1.16. The predicted molar refractivity (Wildman–Crippen MR) is 98.9 cm³/mol. The van der Waals surface area contributed by atoms with E-state index < -0.39 is 0 Å². The monoisotopic (exact) mass is 334 g/mol. The second kappa shape index (κ2) is 9.02. The second-order valence-electron chi connectivity index (χ2n) is 6.94. The molecule has 0 spiro atoms. The highest BCUT2D eigenvalue weighted by molar-refractivity contribution is 5.80. The van der Waals surface area contributed by atoms with Crippen LogP contribution in [0.15, 0.2) is 23.2 Å². The number of benzene rings is 1. The normalized spacial score (nSPS) is 18.5. The molecule has 0 bridgehead atoms. The van der Waals surface area contributed by atoms with Crippen molar-refractivity contribution in [2.45, 2.75) is 39.7 Å². The SMILES string of the molecule is CN=C(NCC(C)CN1CCCC1)NC(C)c1ccc(C)c(F)c1. The number of guanidine groups is 1. The summed E-state index contributed by atoms with van der Waals surface area (Å²) in [5, 5.41) is 6.73. The first-order valence-electron chi connectivity index (χ1n) is 8.95. The van der Waals surface area contributed by atoms with Crippen LogP contribution in [0.2, 0.25) is 0 Å². The Balaban J connectivity index is 1.81. The fourth-order valence-corrected chi connectivity index (χ4v) is 3.10. The lowest BCUT2D eigenvalue weighted by Crippen LogP contribution is -2.42. The Labute approximate surface area is 145 Å². The van der Waals surface area contributed by atoms with Crippen LogP contribution in [0.25, 0.3) is 0 Å². The average Bonchev–Trinajstić information content (AvgIpc) is 3.06. The average molecular weight is 334 g/mol. The molecule has 5 heteroatoms. The lowest BCUT2D eigenvalue weighted by molar-refractivity contribution is 0.287. The maximum Gasteiger partial charge on any atom is 0.191 e. The fourth-order valence-electron chi connectivity index (χ4n) is 3.10. The van der Waals surface area contributed by atoms with Crippen molar-refractivity contribution in [3.8, 4) is 0 Å². The molecule has 1 aliphatic rings. The lowest BCUT2D eigenvalue weighted by atomic mass is 10.1. The maximum absolute atomic E-state index is 13.7. The predicted octanol–water partition coefficient (Wildman–Crippen LogP) is 3.09. The third-order valence-corrected chi connectivity index (χ3v) is 4.66. The summed E-state index contributed by atoms with van der Waals surface area (Å²) in [4.78, 5) is 6.81. The molecule has 24 heavy (non-hydrogen) atoms. The number of hydrogen-bond acceptors (Lipinski definition) is 2. The van der Waals surface area contributed by atoms with E-state index in [9.17, 15) is 4.39 Å². The topological polar surface area (TPSA) is 39.7 Å². The third kappa shape index (κ3) is 5.48. The van der Waals surface area contributed by atoms with Gasteiger partial charge in [-0.2, -0.15) is 0 Å². The van der Waals surface area contributed by atoms with Crippen molar-refractivity contribution >= 4 is 5.96 Å². The van der Waals surface area contributed by atoms with E-state index in [2.05, 4.69) is 27.4 Å². The molecule has 0 amide bonds. The first-order valence-corrected chi connectivity index (χ1v) is 8.95. The van der Waals surface area contributed by atoms with E-state index in [0.29, 0.717) is 11.5 Å². The highest BCUT2D eigenvalue weighted by Gasteiger charge is 2.15. The Kier molecular flexibility index (Phi) is 7.03. The number of hydrogen-bond donors (Lipinski definition) is 2. The van der Waals surface area contributed by atoms with Crippen LogP contribution in [0.3, 0.4) is 0 Å². The van der Waals surface area contributed by atoms with Crippen LogP contribution in [0.4, 0.5) is 4.39 Å². The summed E-state index contributed by atoms with van der Waals surface area (Å²) in [6.45, 7) is 10.5. The Morgan fingerprint density at radius 2 is 2.00 bits per heavy atom. The minimum Gasteiger partial charge on any atom is -0.356 e. The van der Waals surface area contributed by atoms with Gasteiger partial charge in [-0.15, -0.1) is 0 Å². The molecule has 0 radical (unpaired) electrons. The molecule has 134 valence electrons. The van der Waals surface area contributed by atoms with Gasteiger partial charge in [0, 0.05) is 20.1 Å². The molecular weight excluding hydrogens is 303 g/mol. The molecule has 1 aromatic carbocycles. The van der Waals surface area contributed by atoms with Gasteiger partial charge in [-0.1, -0.05) is 19.1 Å². The molecule has 2 atom stereocenters. The van der Waals surface area contributed by atoms with E-state index in [1.807, 2.05) is 19.1 Å². The van der Waals surface area contributed by atoms with Crippen molar-refractivity contribution in [2.24, 2.45) is 10.9 Å². The molecule has 2 rings (SSSR count). The number of rotatable bonds is 6. The second-order valence-corrected chi connectivity index (χ2v) is 6.94. The van der Waals surface area contributed by atoms with Crippen LogP contribution in [-0.4, -0.2) is 44.1 Å². The van der Waals surface area contributed by atoms with Crippen LogP contribution in [0.5, 0.6) is 0 Å². The van der Waals surface area contributed by atoms with Crippen molar-refractivity contribution in [3.05, 3.63) is 35.1 Å². The highest BCUT2D eigenvalue weighted by Crippen LogP contribution is 2.16. The van der Waals surface area contributed by atoms with Gasteiger partial charge in [0.15, 0.2) is 5.96 Å². The number of aliphatic imine (C=N–C) groups is 1. The van der Waals surface area contributed by atoms with Gasteiger partial charge in [0.25, 0.3) is 0 Å². The van der Waals surface area contributed by atoms with Gasteiger partial charge in [0.2, 0.25) is 0 Å². The van der Waals surface area contributed by atoms with Crippen molar-refractivity contribution < 1.29 is 4.39 Å². The summed E-state index contributed by atoms with van der Waals surface area (Å²) < 4.78 is 13.7. The van der Waals surface area contributed by atoms with Crippen LogP contribution in [0.1, 0.15) is 43.9 Å². The zero-order valence-corrected chi connectivity index (χ0v) is 15.4. The molecular formula is C19H31FN4. The van der Waals surface area contributed by atoms with Crippen LogP contribution in [0, 0.1) is 18.7 Å². The van der Waals surface area contributed by atoms with Gasteiger partial charge < -0.3 is 15.5 Å². The van der Waals surface area contributed by atoms with Crippen LogP contribution in [-0.2, 0) is 0 Å². The fraction of sp³-hybridized carbons (Fsp3) is 0.632. The minimum atomic E-state index is -0.164. The summed E-state index contributed by atoms with van der Waals surface area (Å²) in [7, 11) is 1.77. The molecule has 0 aromatic heterocycles. The minimum absolute atomic E-state index is 0.000174. The number of aryl methyl sites for hydroxylation is 1. The smallest absolute Gasteiger partial charge is 0.191 e. The van der Waals surface area contributed by atoms with Gasteiger partial charge in [-0.25, -0.2) is 4.39 Å². The highest BCUT2D eigenvalue weighted by atomic mass is 19.1. The molecule has 1 aromatic rings. The lowest BCUT2D eigenvalue weighted by Gasteiger charge is -2.23. The summed E-state index contributed by atoms with van der Waals surface area (Å²) in [6.07, 6.45) is 2.65. The van der Waals surface area contributed by atoms with Gasteiger partial charge in [0.05, 0.1) is 6.04 Å². The van der Waals surface area contributed by atoms with E-state index in [-0.39, 0.29) is 11.9 Å². The molecule has 1 heterocycles. The number of nitrogens with one attached hydrogen (secondary N) is 2. The van der Waals surface area contributed by atoms with Crippen molar-refractivity contribution in [1.82, 2.24) is 15.5 Å². The molecule has 1 saturated heterocycles. The summed E-state index contributed by atoms with van der Waals surface area (Å²) >= 11 is 0.